The summed E-state index contributed by atoms with van der Waals surface area (Å²) < 4.78 is 44.5. The summed E-state index contributed by atoms with van der Waals surface area (Å²) in [5.74, 6) is -2.51. The second-order valence-electron chi connectivity index (χ2n) is 10.9. The summed E-state index contributed by atoms with van der Waals surface area (Å²) in [6, 6.07) is 2.99. The number of halogens is 2. The van der Waals surface area contributed by atoms with Gasteiger partial charge < -0.3 is 14.4 Å². The molecule has 1 atom stereocenters. The van der Waals surface area contributed by atoms with Crippen molar-refractivity contribution in [2.45, 2.75) is 57.7 Å². The van der Waals surface area contributed by atoms with Gasteiger partial charge in [0.25, 0.3) is 5.92 Å². The van der Waals surface area contributed by atoms with Gasteiger partial charge in [-0.2, -0.15) is 15.5 Å². The number of likely N-dealkylation sites (tertiary alicyclic amines) is 2. The van der Waals surface area contributed by atoms with Gasteiger partial charge in [0.1, 0.15) is 28.5 Å². The van der Waals surface area contributed by atoms with Gasteiger partial charge in [0.15, 0.2) is 0 Å². The fourth-order valence-corrected chi connectivity index (χ4v) is 5.30. The van der Waals surface area contributed by atoms with E-state index >= 15 is 8.78 Å². The maximum atomic E-state index is 15.1. The van der Waals surface area contributed by atoms with E-state index in [-0.39, 0.29) is 19.0 Å². The number of amides is 1. The van der Waals surface area contributed by atoms with E-state index in [0.29, 0.717) is 29.9 Å². The van der Waals surface area contributed by atoms with E-state index in [0.717, 1.165) is 21.7 Å². The Labute approximate surface area is 219 Å². The normalized spacial score (nSPS) is 20.3. The number of fused-ring (bicyclic) bond motifs is 1. The average Bonchev–Trinajstić information content (AvgIpc) is 3.40. The minimum absolute atomic E-state index is 0.0380. The molecule has 0 aliphatic carbocycles. The number of nitrogens with zero attached hydrogens (tertiary/aromatic N) is 7. The van der Waals surface area contributed by atoms with Crippen LogP contribution in [0.5, 0.6) is 5.75 Å². The second kappa shape index (κ2) is 9.23. The molecule has 1 amide bonds. The van der Waals surface area contributed by atoms with Crippen molar-refractivity contribution in [3.8, 4) is 22.9 Å². The van der Waals surface area contributed by atoms with Gasteiger partial charge >= 0.3 is 6.09 Å². The smallest absolute Gasteiger partial charge is 0.410 e. The fourth-order valence-electron chi connectivity index (χ4n) is 5.30. The Kier molecular flexibility index (Phi) is 6.30. The number of rotatable bonds is 4. The standard InChI is InChI=1S/C26H31F2N7O3/c1-16-20(17-8-21(37-5)23-18(9-29)10-30-34(23)12-17)11-31-35(16)19-13-33(14-19)22-6-7-32(15-26(22,27)28)24(36)38-25(2,3)4/h8,10-12,19,22H,6-7,13-15H2,1-5H3. The highest BCUT2D eigenvalue weighted by molar-refractivity contribution is 5.76. The quantitative estimate of drug-likeness (QED) is 0.507. The van der Waals surface area contributed by atoms with Crippen molar-refractivity contribution >= 4 is 11.6 Å². The van der Waals surface area contributed by atoms with Crippen LogP contribution < -0.4 is 4.74 Å². The van der Waals surface area contributed by atoms with E-state index in [4.69, 9.17) is 9.47 Å². The van der Waals surface area contributed by atoms with E-state index in [1.54, 1.807) is 43.5 Å². The van der Waals surface area contributed by atoms with Crippen LogP contribution in [0.25, 0.3) is 16.6 Å². The average molecular weight is 528 g/mol. The Morgan fingerprint density at radius 2 is 1.97 bits per heavy atom. The number of alkyl halides is 2. The van der Waals surface area contributed by atoms with E-state index < -0.39 is 30.2 Å². The van der Waals surface area contributed by atoms with Crippen LogP contribution in [-0.2, 0) is 4.74 Å². The summed E-state index contributed by atoms with van der Waals surface area (Å²) in [4.78, 5) is 15.2. The lowest BCUT2D eigenvalue weighted by molar-refractivity contribution is -0.146. The van der Waals surface area contributed by atoms with Crippen LogP contribution in [0.3, 0.4) is 0 Å². The molecule has 5 heterocycles. The van der Waals surface area contributed by atoms with Crippen LogP contribution in [0.1, 0.15) is 44.5 Å². The molecule has 2 saturated heterocycles. The number of nitriles is 1. The summed E-state index contributed by atoms with van der Waals surface area (Å²) in [7, 11) is 1.54. The van der Waals surface area contributed by atoms with Gasteiger partial charge in [-0.25, -0.2) is 18.1 Å². The summed E-state index contributed by atoms with van der Waals surface area (Å²) in [6.45, 7) is 7.57. The van der Waals surface area contributed by atoms with Gasteiger partial charge in [-0.3, -0.25) is 9.58 Å². The molecule has 38 heavy (non-hydrogen) atoms. The third-order valence-corrected chi connectivity index (χ3v) is 7.16. The molecule has 5 rings (SSSR count). The Bertz CT molecular complexity index is 1410. The molecule has 2 aliphatic rings. The number of methoxy groups -OCH3 is 1. The zero-order valence-electron chi connectivity index (χ0n) is 22.1. The van der Waals surface area contributed by atoms with Crippen molar-refractivity contribution in [2.24, 2.45) is 0 Å². The van der Waals surface area contributed by atoms with Gasteiger partial charge in [-0.1, -0.05) is 0 Å². The molecule has 3 aromatic heterocycles. The molecule has 0 N–H and O–H groups in total. The number of aromatic nitrogens is 4. The Morgan fingerprint density at radius 3 is 2.61 bits per heavy atom. The summed E-state index contributed by atoms with van der Waals surface area (Å²) in [5, 5.41) is 18.2. The van der Waals surface area contributed by atoms with Crippen molar-refractivity contribution < 1.29 is 23.0 Å². The maximum Gasteiger partial charge on any atom is 0.410 e. The molecule has 0 radical (unpaired) electrons. The molecule has 202 valence electrons. The first-order chi connectivity index (χ1) is 17.9. The van der Waals surface area contributed by atoms with Crippen LogP contribution in [0.2, 0.25) is 0 Å². The van der Waals surface area contributed by atoms with Gasteiger partial charge in [-0.15, -0.1) is 0 Å². The number of carbonyl (C=O) groups is 1. The molecule has 10 nitrogen and oxygen atoms in total. The summed E-state index contributed by atoms with van der Waals surface area (Å²) in [5.41, 5.74) is 2.87. The van der Waals surface area contributed by atoms with Gasteiger partial charge in [-0.05, 0) is 40.2 Å². The molecule has 12 heteroatoms. The molecule has 2 fully saturated rings. The monoisotopic (exact) mass is 527 g/mol. The van der Waals surface area contributed by atoms with E-state index in [2.05, 4.69) is 16.3 Å². The lowest BCUT2D eigenvalue weighted by atomic mass is 9.94. The summed E-state index contributed by atoms with van der Waals surface area (Å²) >= 11 is 0. The Balaban J connectivity index is 1.28. The maximum absolute atomic E-state index is 15.1. The molecule has 0 aromatic carbocycles. The molecule has 2 aliphatic heterocycles. The first-order valence-electron chi connectivity index (χ1n) is 12.5. The third kappa shape index (κ3) is 4.55. The van der Waals surface area contributed by atoms with Crippen molar-refractivity contribution in [1.29, 1.82) is 5.26 Å². The second-order valence-corrected chi connectivity index (χ2v) is 10.9. The van der Waals surface area contributed by atoms with Crippen molar-refractivity contribution in [3.63, 3.8) is 0 Å². The number of carbonyl (C=O) groups excluding carboxylic acids is 1. The molecule has 3 aromatic rings. The number of ether oxygens (including phenoxy) is 2. The van der Waals surface area contributed by atoms with Crippen LogP contribution in [-0.4, -0.2) is 86.1 Å². The van der Waals surface area contributed by atoms with Gasteiger partial charge in [0.05, 0.1) is 38.1 Å². The van der Waals surface area contributed by atoms with Gasteiger partial charge in [0, 0.05) is 42.7 Å². The number of pyridine rings is 1. The highest BCUT2D eigenvalue weighted by atomic mass is 19.3. The molecular formula is C26H31F2N7O3. The van der Waals surface area contributed by atoms with Gasteiger partial charge in [0.2, 0.25) is 0 Å². The van der Waals surface area contributed by atoms with Crippen LogP contribution >= 0.6 is 0 Å². The molecular weight excluding hydrogens is 496 g/mol. The van der Waals surface area contributed by atoms with E-state index in [1.807, 2.05) is 23.9 Å². The van der Waals surface area contributed by atoms with Crippen LogP contribution in [0.4, 0.5) is 13.6 Å². The van der Waals surface area contributed by atoms with E-state index in [9.17, 15) is 10.1 Å². The molecule has 0 spiro atoms. The van der Waals surface area contributed by atoms with E-state index in [1.165, 1.54) is 6.20 Å². The zero-order chi connectivity index (χ0) is 27.4. The van der Waals surface area contributed by atoms with Crippen molar-refractivity contribution in [3.05, 3.63) is 35.9 Å². The first-order valence-corrected chi connectivity index (χ1v) is 12.5. The zero-order valence-corrected chi connectivity index (χ0v) is 22.1. The minimum Gasteiger partial charge on any atom is -0.494 e. The van der Waals surface area contributed by atoms with Crippen molar-refractivity contribution in [2.75, 3.05) is 33.3 Å². The number of piperidine rings is 1. The Hall–Kier alpha value is -3.72. The lowest BCUT2D eigenvalue weighted by Crippen LogP contribution is -2.64. The first kappa shape index (κ1) is 25.9. The largest absolute Gasteiger partial charge is 0.494 e. The highest BCUT2D eigenvalue weighted by Gasteiger charge is 2.52. The molecule has 1 unspecified atom stereocenters. The SMILES string of the molecule is COc1cc(-c2cnn(C3CN(C4CCN(C(=O)OC(C)(C)C)CC4(F)F)C3)c2C)cn2ncc(C#N)c12. The number of hydrogen-bond donors (Lipinski definition) is 0. The molecule has 0 bridgehead atoms. The predicted molar refractivity (Wildman–Crippen MR) is 134 cm³/mol. The lowest BCUT2D eigenvalue weighted by Gasteiger charge is -2.50. The molecule has 0 saturated carbocycles. The topological polar surface area (TPSA) is 101 Å². The highest BCUT2D eigenvalue weighted by Crippen LogP contribution is 2.38. The van der Waals surface area contributed by atoms with Crippen LogP contribution in [0, 0.1) is 18.3 Å². The minimum atomic E-state index is -3.04. The van der Waals surface area contributed by atoms with Crippen molar-refractivity contribution in [1.82, 2.24) is 29.2 Å². The predicted octanol–water partition coefficient (Wildman–Crippen LogP) is 3.89. The van der Waals surface area contributed by atoms with Crippen LogP contribution in [0.15, 0.2) is 24.7 Å². The number of hydrogen-bond acceptors (Lipinski definition) is 7. The summed E-state index contributed by atoms with van der Waals surface area (Å²) in [6.07, 6.45) is 4.54. The fraction of sp³-hybridized carbons (Fsp3) is 0.538. The third-order valence-electron chi connectivity index (χ3n) is 7.16. The Morgan fingerprint density at radius 1 is 1.24 bits per heavy atom.